The number of amides is 3. The lowest BCUT2D eigenvalue weighted by molar-refractivity contribution is 0.0667. The Morgan fingerprint density at radius 3 is 2.27 bits per heavy atom. The highest BCUT2D eigenvalue weighted by molar-refractivity contribution is 5.95. The third-order valence-electron chi connectivity index (χ3n) is 4.48. The highest BCUT2D eigenvalue weighted by Crippen LogP contribution is 2.16. The molecule has 0 atom stereocenters. The van der Waals surface area contributed by atoms with Gasteiger partial charge in [-0.25, -0.2) is 9.18 Å². The predicted octanol–water partition coefficient (Wildman–Crippen LogP) is 3.43. The van der Waals surface area contributed by atoms with Gasteiger partial charge in [0.1, 0.15) is 5.82 Å². The minimum Gasteiger partial charge on any atom is -0.335 e. The number of benzene rings is 2. The summed E-state index contributed by atoms with van der Waals surface area (Å²) in [5.41, 5.74) is 2.74. The monoisotopic (exact) mass is 355 g/mol. The van der Waals surface area contributed by atoms with Crippen molar-refractivity contribution in [3.8, 4) is 0 Å². The van der Waals surface area contributed by atoms with E-state index in [4.69, 9.17) is 0 Å². The first-order valence-corrected chi connectivity index (χ1v) is 8.62. The van der Waals surface area contributed by atoms with Crippen LogP contribution in [-0.4, -0.2) is 47.9 Å². The van der Waals surface area contributed by atoms with Gasteiger partial charge in [-0.2, -0.15) is 0 Å². The van der Waals surface area contributed by atoms with E-state index in [1.807, 2.05) is 38.1 Å². The highest BCUT2D eigenvalue weighted by atomic mass is 19.1. The molecule has 0 saturated carbocycles. The van der Waals surface area contributed by atoms with Crippen LogP contribution in [0, 0.1) is 19.7 Å². The molecule has 0 aliphatic carbocycles. The topological polar surface area (TPSA) is 52.7 Å². The van der Waals surface area contributed by atoms with E-state index in [0.29, 0.717) is 26.2 Å². The number of hydrogen-bond acceptors (Lipinski definition) is 2. The van der Waals surface area contributed by atoms with Gasteiger partial charge in [0.05, 0.1) is 5.56 Å². The molecule has 6 heteroatoms. The van der Waals surface area contributed by atoms with Gasteiger partial charge in [-0.15, -0.1) is 0 Å². The molecule has 1 heterocycles. The molecule has 1 aliphatic rings. The molecule has 0 bridgehead atoms. The lowest BCUT2D eigenvalue weighted by Gasteiger charge is -2.34. The maximum atomic E-state index is 13.9. The molecule has 5 nitrogen and oxygen atoms in total. The summed E-state index contributed by atoms with van der Waals surface area (Å²) in [6.45, 7) is 5.38. The summed E-state index contributed by atoms with van der Waals surface area (Å²) in [4.78, 5) is 28.2. The Morgan fingerprint density at radius 1 is 0.923 bits per heavy atom. The van der Waals surface area contributed by atoms with E-state index >= 15 is 0 Å². The van der Waals surface area contributed by atoms with Crippen LogP contribution in [-0.2, 0) is 0 Å². The lowest BCUT2D eigenvalue weighted by atomic mass is 10.1. The Labute approximate surface area is 152 Å². The molecule has 2 aromatic carbocycles. The third kappa shape index (κ3) is 4.02. The highest BCUT2D eigenvalue weighted by Gasteiger charge is 2.26. The van der Waals surface area contributed by atoms with E-state index < -0.39 is 5.82 Å². The minimum atomic E-state index is -0.514. The molecule has 3 amide bonds. The lowest BCUT2D eigenvalue weighted by Crippen LogP contribution is -2.51. The van der Waals surface area contributed by atoms with Crippen molar-refractivity contribution < 1.29 is 14.0 Å². The fourth-order valence-electron chi connectivity index (χ4n) is 3.01. The molecule has 3 rings (SSSR count). The standard InChI is InChI=1S/C20H22FN3O2/c1-14-4-3-5-16(12-14)22-20(26)24-10-8-23(9-11-24)19(25)17-13-15(2)6-7-18(17)21/h3-7,12-13H,8-11H2,1-2H3,(H,22,26). The van der Waals surface area contributed by atoms with Crippen LogP contribution in [0.5, 0.6) is 0 Å². The van der Waals surface area contributed by atoms with Gasteiger partial charge in [-0.05, 0) is 43.7 Å². The zero-order chi connectivity index (χ0) is 18.7. The van der Waals surface area contributed by atoms with Crippen molar-refractivity contribution in [2.75, 3.05) is 31.5 Å². The van der Waals surface area contributed by atoms with Crippen LogP contribution in [0.4, 0.5) is 14.9 Å². The summed E-state index contributed by atoms with van der Waals surface area (Å²) in [5.74, 6) is -0.842. The Kier molecular flexibility index (Phi) is 5.21. The number of carbonyl (C=O) groups excluding carboxylic acids is 2. The minimum absolute atomic E-state index is 0.0858. The quantitative estimate of drug-likeness (QED) is 0.897. The first kappa shape index (κ1) is 17.9. The number of halogens is 1. The zero-order valence-electron chi connectivity index (χ0n) is 15.0. The molecule has 0 spiro atoms. The molecule has 1 saturated heterocycles. The summed E-state index contributed by atoms with van der Waals surface area (Å²) < 4.78 is 13.9. The van der Waals surface area contributed by atoms with Gasteiger partial charge in [0, 0.05) is 31.9 Å². The van der Waals surface area contributed by atoms with Crippen LogP contribution < -0.4 is 5.32 Å². The van der Waals surface area contributed by atoms with Gasteiger partial charge in [0.25, 0.3) is 5.91 Å². The number of nitrogens with one attached hydrogen (secondary N) is 1. The molecule has 1 fully saturated rings. The van der Waals surface area contributed by atoms with Crippen molar-refractivity contribution in [3.63, 3.8) is 0 Å². The number of rotatable bonds is 2. The fourth-order valence-corrected chi connectivity index (χ4v) is 3.01. The van der Waals surface area contributed by atoms with Crippen molar-refractivity contribution >= 4 is 17.6 Å². The van der Waals surface area contributed by atoms with Gasteiger partial charge in [-0.1, -0.05) is 23.8 Å². The zero-order valence-corrected chi connectivity index (χ0v) is 15.0. The molecule has 0 aromatic heterocycles. The van der Waals surface area contributed by atoms with E-state index in [0.717, 1.165) is 16.8 Å². The van der Waals surface area contributed by atoms with Crippen molar-refractivity contribution in [3.05, 3.63) is 65.0 Å². The van der Waals surface area contributed by atoms with Crippen molar-refractivity contribution in [1.82, 2.24) is 9.80 Å². The average Bonchev–Trinajstić information content (AvgIpc) is 2.63. The number of nitrogens with zero attached hydrogens (tertiary/aromatic N) is 2. The van der Waals surface area contributed by atoms with Crippen LogP contribution in [0.2, 0.25) is 0 Å². The smallest absolute Gasteiger partial charge is 0.321 e. The summed E-state index contributed by atoms with van der Waals surface area (Å²) >= 11 is 0. The molecule has 2 aromatic rings. The fraction of sp³-hybridized carbons (Fsp3) is 0.300. The van der Waals surface area contributed by atoms with E-state index in [1.54, 1.807) is 21.9 Å². The second kappa shape index (κ2) is 7.56. The van der Waals surface area contributed by atoms with Gasteiger partial charge in [0.15, 0.2) is 0 Å². The molecule has 0 radical (unpaired) electrons. The number of urea groups is 1. The maximum absolute atomic E-state index is 13.9. The van der Waals surface area contributed by atoms with E-state index in [2.05, 4.69) is 5.32 Å². The summed E-state index contributed by atoms with van der Waals surface area (Å²) in [6, 6.07) is 11.9. The average molecular weight is 355 g/mol. The predicted molar refractivity (Wildman–Crippen MR) is 98.8 cm³/mol. The van der Waals surface area contributed by atoms with E-state index in [-0.39, 0.29) is 17.5 Å². The Hall–Kier alpha value is -2.89. The number of carbonyl (C=O) groups is 2. The van der Waals surface area contributed by atoms with Crippen molar-refractivity contribution in [1.29, 1.82) is 0 Å². The molecule has 1 N–H and O–H groups in total. The molecule has 136 valence electrons. The Morgan fingerprint density at radius 2 is 1.58 bits per heavy atom. The second-order valence-electron chi connectivity index (χ2n) is 6.56. The molecular formula is C20H22FN3O2. The van der Waals surface area contributed by atoms with E-state index in [9.17, 15) is 14.0 Å². The van der Waals surface area contributed by atoms with Crippen LogP contribution >= 0.6 is 0 Å². The van der Waals surface area contributed by atoms with Gasteiger partial charge < -0.3 is 15.1 Å². The first-order valence-electron chi connectivity index (χ1n) is 8.62. The number of piperazine rings is 1. The normalized spacial score (nSPS) is 14.3. The summed E-state index contributed by atoms with van der Waals surface area (Å²) in [6.07, 6.45) is 0. The number of hydrogen-bond donors (Lipinski definition) is 1. The number of aryl methyl sites for hydroxylation is 2. The number of anilines is 1. The maximum Gasteiger partial charge on any atom is 0.321 e. The van der Waals surface area contributed by atoms with Crippen LogP contribution in [0.3, 0.4) is 0 Å². The molecular weight excluding hydrogens is 333 g/mol. The third-order valence-corrected chi connectivity index (χ3v) is 4.48. The molecule has 1 aliphatic heterocycles. The molecule has 0 unspecified atom stereocenters. The first-order chi connectivity index (χ1) is 12.4. The summed E-state index contributed by atoms with van der Waals surface area (Å²) in [7, 11) is 0. The van der Waals surface area contributed by atoms with Crippen molar-refractivity contribution in [2.24, 2.45) is 0 Å². The SMILES string of the molecule is Cc1cccc(NC(=O)N2CCN(C(=O)c3cc(C)ccc3F)CC2)c1. The van der Waals surface area contributed by atoms with Crippen molar-refractivity contribution in [2.45, 2.75) is 13.8 Å². The molecule has 26 heavy (non-hydrogen) atoms. The van der Waals surface area contributed by atoms with Crippen LogP contribution in [0.1, 0.15) is 21.5 Å². The van der Waals surface area contributed by atoms with E-state index in [1.165, 1.54) is 6.07 Å². The van der Waals surface area contributed by atoms with Gasteiger partial charge in [0.2, 0.25) is 0 Å². The largest absolute Gasteiger partial charge is 0.335 e. The van der Waals surface area contributed by atoms with Crippen LogP contribution in [0.15, 0.2) is 42.5 Å². The van der Waals surface area contributed by atoms with Gasteiger partial charge >= 0.3 is 6.03 Å². The van der Waals surface area contributed by atoms with Gasteiger partial charge in [-0.3, -0.25) is 4.79 Å². The Bertz CT molecular complexity index is 830. The summed E-state index contributed by atoms with van der Waals surface area (Å²) in [5, 5.41) is 2.87. The van der Waals surface area contributed by atoms with Crippen LogP contribution in [0.25, 0.3) is 0 Å². The second-order valence-corrected chi connectivity index (χ2v) is 6.56. The Balaban J connectivity index is 1.59.